The molecule has 7 heterocycles. The first-order valence-electron chi connectivity index (χ1n) is 42.1. The third-order valence-corrected chi connectivity index (χ3v) is 24.4. The Labute approximate surface area is 791 Å². The van der Waals surface area contributed by atoms with E-state index in [1.807, 2.05) is 38.1 Å². The van der Waals surface area contributed by atoms with Crippen LogP contribution in [-0.4, -0.2) is 331 Å². The maximum absolute atomic E-state index is 14.3. The van der Waals surface area contributed by atoms with Crippen molar-refractivity contribution in [3.8, 4) is 0 Å². The van der Waals surface area contributed by atoms with Gasteiger partial charge in [-0.3, -0.25) is 132 Å². The minimum absolute atomic E-state index is 0. The summed E-state index contributed by atoms with van der Waals surface area (Å²) >= 11 is 12.8. The van der Waals surface area contributed by atoms with E-state index in [1.54, 1.807) is 33.9 Å². The van der Waals surface area contributed by atoms with Crippen molar-refractivity contribution in [3.05, 3.63) is 76.4 Å². The zero-order valence-electron chi connectivity index (χ0n) is 74.1. The van der Waals surface area contributed by atoms with Gasteiger partial charge in [0.2, 0.25) is 53.2 Å². The van der Waals surface area contributed by atoms with Crippen molar-refractivity contribution in [2.45, 2.75) is 204 Å². The molecule has 4 fully saturated rings. The quantitative estimate of drug-likeness (QED) is 0.0157. The number of carbonyl (C=O) groups is 21. The van der Waals surface area contributed by atoms with E-state index in [9.17, 15) is 116 Å². The van der Waals surface area contributed by atoms with Crippen LogP contribution in [0, 0.1) is 18.8 Å². The molecule has 7 aliphatic rings. The fourth-order valence-corrected chi connectivity index (χ4v) is 16.3. The molecule has 10 unspecified atom stereocenters. The Hall–Kier alpha value is -9.95. The Morgan fingerprint density at radius 3 is 1.73 bits per heavy atom. The first kappa shape index (κ1) is 111. The Kier molecular flexibility index (Phi) is 45.0. The fourth-order valence-electron chi connectivity index (χ4n) is 14.7. The van der Waals surface area contributed by atoms with E-state index in [1.165, 1.54) is 46.8 Å². The topological polar surface area (TPSA) is 541 Å². The maximum Gasteiger partial charge on any atom is 0.409 e. The molecule has 10 atom stereocenters. The third-order valence-electron chi connectivity index (χ3n) is 22.3. The molecule has 1 radical (unpaired) electrons. The number of aliphatic hydroxyl groups is 1. The van der Waals surface area contributed by atoms with Crippen LogP contribution in [0.15, 0.2) is 60.2 Å². The van der Waals surface area contributed by atoms with Gasteiger partial charge in [-0.1, -0.05) is 60.6 Å². The number of hydrogen-bond acceptors (Lipinski definition) is 30. The van der Waals surface area contributed by atoms with Gasteiger partial charge < -0.3 is 72.7 Å². The molecule has 14 amide bonds. The number of imide groups is 4. The number of ketones is 4. The van der Waals surface area contributed by atoms with E-state index in [2.05, 4.69) is 21.3 Å². The molecule has 0 aromatic heterocycles. The summed E-state index contributed by atoms with van der Waals surface area (Å²) in [5, 5.41) is 39.0. The number of nitrogens with zero attached hydrogens (tertiary/aromatic N) is 8. The second kappa shape index (κ2) is 52.9. The van der Waals surface area contributed by atoms with Crippen molar-refractivity contribution in [1.29, 1.82) is 0 Å². The minimum atomic E-state index is -1.68. The normalized spacial score (nSPS) is 22.7. The number of carboxylic acids is 2. The van der Waals surface area contributed by atoms with Crippen molar-refractivity contribution < 1.29 is 168 Å². The number of aryl methyl sites for hydroxylation is 1. The van der Waals surface area contributed by atoms with Crippen molar-refractivity contribution in [2.24, 2.45) is 11.8 Å². The number of esters is 1. The molecular formula is C86H113ClN12O28S2Y-2. The molecule has 7 aliphatic heterocycles. The number of epoxide rings is 1. The van der Waals surface area contributed by atoms with E-state index in [0.717, 1.165) is 72.4 Å². The molecule has 709 valence electrons. The van der Waals surface area contributed by atoms with Gasteiger partial charge in [-0.25, -0.2) is 9.59 Å². The SMILES string of the molecule is C/C1=C\C=C\C(C)C2(O)CC(OC(=O)N2)C(C)C2OC2(C)C(OC(=O)C(C)N(C)C(=O)CCSC2CC(=O)N(CCCC(=O)CCC(=O)NCC(=O)CCC(=O)NCCC(=O)NCCN3C(=O)C=CC3=O)C2=O)CC(=O)N(C)c2cc(cc(C)c2Cl)C1.C[C-]=O.O=C(O)CN(CCN(CC(=O)O)CC(=O)CCCN1C(=O)CC([S-])C1=O)CC(=O)CCCN1C(=O)C=CC1=O.[Y]. The van der Waals surface area contributed by atoms with Crippen LogP contribution in [0.25, 0.3) is 0 Å². The molecule has 0 aliphatic carbocycles. The zero-order valence-corrected chi connectivity index (χ0v) is 79.4. The van der Waals surface area contributed by atoms with Gasteiger partial charge in [-0.05, 0) is 70.6 Å². The number of hydrogen-bond donors (Lipinski definition) is 7. The van der Waals surface area contributed by atoms with E-state index in [0.29, 0.717) is 17.1 Å². The second-order valence-corrected chi connectivity index (χ2v) is 34.6. The largest absolute Gasteiger partial charge is 0.779 e. The van der Waals surface area contributed by atoms with E-state index in [4.69, 9.17) is 43.2 Å². The van der Waals surface area contributed by atoms with Crippen molar-refractivity contribution >= 4 is 172 Å². The van der Waals surface area contributed by atoms with Crippen LogP contribution in [0.4, 0.5) is 10.5 Å². The molecule has 7 N–H and O–H groups in total. The number of anilines is 1. The van der Waals surface area contributed by atoms with E-state index in [-0.39, 0.29) is 236 Å². The number of likely N-dealkylation sites (tertiary alicyclic amines) is 2. The smallest absolute Gasteiger partial charge is 0.409 e. The number of carboxylic acid groups (broad SMARTS) is 2. The van der Waals surface area contributed by atoms with Crippen LogP contribution < -0.4 is 26.2 Å². The van der Waals surface area contributed by atoms with Crippen LogP contribution in [0.1, 0.15) is 155 Å². The van der Waals surface area contributed by atoms with Gasteiger partial charge in [0.15, 0.2) is 5.78 Å². The standard InChI is InChI=1S/C60H79ClN8O17S.C24H32N4O10S.C2H3O.Y/c1-34-11-9-12-36(3)60(83)32-43(84-58(82)65-60)37(4)55-59(6,86-55)45(31-52(78)67(8)42-29-39(27-34)28-35(2)54(42)61)85-57(81)38(5)66(7)49(75)21-26-87-44-30-53(79)69(56(44)80)24-10-13-40(70)14-16-47(73)64-33-41(71)15-17-46(72)62-22-20-48(74)63-23-25-68-50(76)18-19-51(68)77;29-16(3-1-7-27-19(31)5-6-20(27)32)12-25(14-22(34)35)9-10-26(15-23(36)37)13-17(30)4-2-8-28-21(33)11-18(39)24(28)38;1-2-3;/h9,11-12,18-19,28-29,36-38,43-45,55,83H,10,13-17,20-27,30-33H2,1-8H3,(H,62,72)(H,63,74)(H,64,73)(H,65,82);5-6,18,39H,1-4,7-15H2,(H,34,35)(H,36,37);1H3;/q;;-1;/p-1/b12-9+,34-11+;;;. The molecule has 40 nitrogen and oxygen atoms in total. The van der Waals surface area contributed by atoms with Crippen molar-refractivity contribution in [2.75, 3.05) is 110 Å². The number of carbonyl (C=O) groups excluding carboxylic acids is 20. The third kappa shape index (κ3) is 34.3. The zero-order chi connectivity index (χ0) is 95.9. The molecule has 8 rings (SSSR count). The maximum atomic E-state index is 14.3. The number of aliphatic carboxylic acids is 2. The number of Topliss-reactive ketones (excluding diaryl/α,β-unsaturated/α-hetero) is 4. The average molecular weight is 1950 g/mol. The number of amides is 14. The molecule has 130 heavy (non-hydrogen) atoms. The van der Waals surface area contributed by atoms with Gasteiger partial charge in [0, 0.05) is 218 Å². The number of likely N-dealkylation sites (N-methyl/N-ethyl adjacent to an activating group) is 1. The summed E-state index contributed by atoms with van der Waals surface area (Å²) in [6.45, 7) is 10.0. The minimum Gasteiger partial charge on any atom is -0.779 e. The number of benzene rings is 1. The van der Waals surface area contributed by atoms with Gasteiger partial charge in [-0.15, -0.1) is 11.8 Å². The van der Waals surface area contributed by atoms with Crippen molar-refractivity contribution in [1.82, 2.24) is 55.6 Å². The fraction of sp³-hybridized carbons (Fsp3) is 0.581. The Morgan fingerprint density at radius 1 is 0.669 bits per heavy atom. The number of allylic oxidation sites excluding steroid dienone is 3. The molecule has 1 aromatic carbocycles. The van der Waals surface area contributed by atoms with Crippen LogP contribution in [0.5, 0.6) is 0 Å². The number of alkyl carbamates (subject to hydrolysis) is 1. The van der Waals surface area contributed by atoms with Crippen LogP contribution >= 0.6 is 23.4 Å². The number of thioether (sulfide) groups is 1. The summed E-state index contributed by atoms with van der Waals surface area (Å²) < 4.78 is 18.2. The van der Waals surface area contributed by atoms with Gasteiger partial charge >= 0.3 is 24.0 Å². The second-order valence-electron chi connectivity index (χ2n) is 32.4. The number of nitrogens with one attached hydrogen (secondary N) is 4. The monoisotopic (exact) mass is 1950 g/mol. The molecular weight excluding hydrogens is 1840 g/mol. The van der Waals surface area contributed by atoms with Crippen LogP contribution in [0.3, 0.4) is 0 Å². The summed E-state index contributed by atoms with van der Waals surface area (Å²) in [5.41, 5.74) is 0.0474. The molecule has 4 bridgehead atoms. The van der Waals surface area contributed by atoms with E-state index < -0.39 is 172 Å². The number of halogens is 1. The van der Waals surface area contributed by atoms with Crippen LogP contribution in [-0.2, 0) is 167 Å². The van der Waals surface area contributed by atoms with Gasteiger partial charge in [0.1, 0.15) is 46.9 Å². The Bertz CT molecular complexity index is 4550. The summed E-state index contributed by atoms with van der Waals surface area (Å²) in [6, 6.07) is 2.58. The Morgan fingerprint density at radius 2 is 1.18 bits per heavy atom. The molecule has 0 saturated carbocycles. The summed E-state index contributed by atoms with van der Waals surface area (Å²) in [7, 11) is 2.99. The molecule has 0 spiro atoms. The summed E-state index contributed by atoms with van der Waals surface area (Å²) in [4.78, 5) is 278. The predicted molar refractivity (Wildman–Crippen MR) is 463 cm³/mol. The van der Waals surface area contributed by atoms with Gasteiger partial charge in [-0.2, -0.15) is 6.92 Å². The van der Waals surface area contributed by atoms with Crippen LogP contribution in [0.2, 0.25) is 5.02 Å². The molecule has 1 aromatic rings. The summed E-state index contributed by atoms with van der Waals surface area (Å²) in [5.74, 6) is -11.6. The summed E-state index contributed by atoms with van der Waals surface area (Å²) in [6.07, 6.45) is 7.50. The molecule has 4 saturated heterocycles. The van der Waals surface area contributed by atoms with Gasteiger partial charge in [0.25, 0.3) is 23.6 Å². The first-order chi connectivity index (χ1) is 60.8. The number of rotatable bonds is 44. The first-order valence-corrected chi connectivity index (χ1v) is 44.0. The molecule has 44 heteroatoms. The predicted octanol–water partition coefficient (Wildman–Crippen LogP) is 1.000. The average Bonchev–Trinajstić information content (AvgIpc) is 1.57. The van der Waals surface area contributed by atoms with Crippen molar-refractivity contribution in [3.63, 3.8) is 0 Å². The number of ether oxygens (including phenoxy) is 3. The Balaban J connectivity index is 0.000000580. The van der Waals surface area contributed by atoms with E-state index >= 15 is 0 Å². The van der Waals surface area contributed by atoms with Gasteiger partial charge in [0.05, 0.1) is 61.2 Å². The number of fused-ring (bicyclic) bond motifs is 5.